The number of hydrogen-bond acceptors (Lipinski definition) is 2. The Labute approximate surface area is 127 Å². The lowest BCUT2D eigenvalue weighted by molar-refractivity contribution is -0.137. The van der Waals surface area contributed by atoms with Gasteiger partial charge in [0.2, 0.25) is 0 Å². The lowest BCUT2D eigenvalue weighted by Gasteiger charge is -2.16. The molecular formula is C17H17F3O2. The van der Waals surface area contributed by atoms with Gasteiger partial charge in [0.05, 0.1) is 12.7 Å². The highest BCUT2D eigenvalue weighted by Gasteiger charge is 2.31. The van der Waals surface area contributed by atoms with Crippen LogP contribution in [0.2, 0.25) is 0 Å². The molecule has 0 N–H and O–H groups in total. The van der Waals surface area contributed by atoms with Crippen LogP contribution in [0.5, 0.6) is 17.2 Å². The van der Waals surface area contributed by atoms with Gasteiger partial charge in [-0.3, -0.25) is 0 Å². The zero-order valence-electron chi connectivity index (χ0n) is 12.6. The second-order valence-corrected chi connectivity index (χ2v) is 5.18. The van der Waals surface area contributed by atoms with Gasteiger partial charge in [0.1, 0.15) is 17.2 Å². The fourth-order valence-electron chi connectivity index (χ4n) is 2.04. The topological polar surface area (TPSA) is 18.5 Å². The van der Waals surface area contributed by atoms with Crippen LogP contribution in [0.15, 0.2) is 42.5 Å². The van der Waals surface area contributed by atoms with E-state index in [1.807, 2.05) is 13.8 Å². The summed E-state index contributed by atoms with van der Waals surface area (Å²) in [6.07, 6.45) is -4.36. The van der Waals surface area contributed by atoms with Crippen LogP contribution in [0.1, 0.15) is 30.9 Å². The summed E-state index contributed by atoms with van der Waals surface area (Å²) in [5, 5.41) is 0. The van der Waals surface area contributed by atoms with Crippen LogP contribution in [-0.4, -0.2) is 7.11 Å². The van der Waals surface area contributed by atoms with Crippen LogP contribution in [0.3, 0.4) is 0 Å². The van der Waals surface area contributed by atoms with Crippen molar-refractivity contribution in [3.63, 3.8) is 0 Å². The monoisotopic (exact) mass is 310 g/mol. The Morgan fingerprint density at radius 1 is 0.909 bits per heavy atom. The summed E-state index contributed by atoms with van der Waals surface area (Å²) in [6, 6.07) is 10.4. The normalized spacial score (nSPS) is 11.6. The van der Waals surface area contributed by atoms with Gasteiger partial charge in [-0.1, -0.05) is 13.8 Å². The average molecular weight is 310 g/mol. The number of benzene rings is 2. The third-order valence-corrected chi connectivity index (χ3v) is 3.25. The Hall–Kier alpha value is -2.17. The molecule has 2 aromatic rings. The van der Waals surface area contributed by atoms with Crippen molar-refractivity contribution in [2.45, 2.75) is 25.9 Å². The zero-order valence-corrected chi connectivity index (χ0v) is 12.6. The van der Waals surface area contributed by atoms with Crippen LogP contribution >= 0.6 is 0 Å². The standard InChI is InChI=1S/C17H17F3O2/c1-11(2)15-10-12(17(18,19)20)4-9-16(15)22-14-7-5-13(21-3)6-8-14/h4-11H,1-3H3. The Balaban J connectivity index is 2.33. The van der Waals surface area contributed by atoms with Crippen molar-refractivity contribution in [3.05, 3.63) is 53.6 Å². The number of alkyl halides is 3. The van der Waals surface area contributed by atoms with E-state index >= 15 is 0 Å². The van der Waals surface area contributed by atoms with Crippen molar-refractivity contribution in [2.75, 3.05) is 7.11 Å². The van der Waals surface area contributed by atoms with Gasteiger partial charge in [-0.15, -0.1) is 0 Å². The summed E-state index contributed by atoms with van der Waals surface area (Å²) in [5.41, 5.74) is -0.149. The van der Waals surface area contributed by atoms with Gasteiger partial charge < -0.3 is 9.47 Å². The molecule has 22 heavy (non-hydrogen) atoms. The van der Waals surface area contributed by atoms with E-state index in [1.54, 1.807) is 31.4 Å². The molecule has 0 saturated carbocycles. The van der Waals surface area contributed by atoms with Gasteiger partial charge in [-0.2, -0.15) is 13.2 Å². The fourth-order valence-corrected chi connectivity index (χ4v) is 2.04. The first-order chi connectivity index (χ1) is 10.3. The molecule has 0 unspecified atom stereocenters. The van der Waals surface area contributed by atoms with E-state index in [0.717, 1.165) is 12.1 Å². The highest BCUT2D eigenvalue weighted by atomic mass is 19.4. The Morgan fingerprint density at radius 3 is 2.00 bits per heavy atom. The van der Waals surface area contributed by atoms with Gasteiger partial charge in [-0.25, -0.2) is 0 Å². The molecule has 2 nitrogen and oxygen atoms in total. The van der Waals surface area contributed by atoms with E-state index in [9.17, 15) is 13.2 Å². The summed E-state index contributed by atoms with van der Waals surface area (Å²) < 4.78 is 49.2. The summed E-state index contributed by atoms with van der Waals surface area (Å²) >= 11 is 0. The van der Waals surface area contributed by atoms with Gasteiger partial charge >= 0.3 is 6.18 Å². The van der Waals surface area contributed by atoms with E-state index in [0.29, 0.717) is 22.8 Å². The van der Waals surface area contributed by atoms with Crippen LogP contribution in [-0.2, 0) is 6.18 Å². The number of rotatable bonds is 4. The van der Waals surface area contributed by atoms with Crippen LogP contribution in [0, 0.1) is 0 Å². The second kappa shape index (κ2) is 6.30. The van der Waals surface area contributed by atoms with E-state index in [1.165, 1.54) is 6.07 Å². The first-order valence-corrected chi connectivity index (χ1v) is 6.84. The van der Waals surface area contributed by atoms with Crippen molar-refractivity contribution < 1.29 is 22.6 Å². The minimum Gasteiger partial charge on any atom is -0.497 e. The summed E-state index contributed by atoms with van der Waals surface area (Å²) in [5.74, 6) is 1.56. The van der Waals surface area contributed by atoms with Gasteiger partial charge in [0.25, 0.3) is 0 Å². The molecule has 0 aliphatic carbocycles. The van der Waals surface area contributed by atoms with E-state index in [4.69, 9.17) is 9.47 Å². The van der Waals surface area contributed by atoms with Gasteiger partial charge in [-0.05, 0) is 53.9 Å². The Bertz CT molecular complexity index is 631. The number of halogens is 3. The SMILES string of the molecule is COc1ccc(Oc2ccc(C(F)(F)F)cc2C(C)C)cc1. The summed E-state index contributed by atoms with van der Waals surface area (Å²) in [6.45, 7) is 3.66. The second-order valence-electron chi connectivity index (χ2n) is 5.18. The smallest absolute Gasteiger partial charge is 0.416 e. The van der Waals surface area contributed by atoms with Crippen molar-refractivity contribution in [1.82, 2.24) is 0 Å². The Morgan fingerprint density at radius 2 is 1.50 bits per heavy atom. The van der Waals surface area contributed by atoms with Crippen LogP contribution in [0.25, 0.3) is 0 Å². The fraction of sp³-hybridized carbons (Fsp3) is 0.294. The maximum atomic E-state index is 12.8. The lowest BCUT2D eigenvalue weighted by Crippen LogP contribution is -2.06. The quantitative estimate of drug-likeness (QED) is 0.728. The number of hydrogen-bond donors (Lipinski definition) is 0. The minimum absolute atomic E-state index is 0.0875. The molecule has 0 amide bonds. The molecule has 0 fully saturated rings. The van der Waals surface area contributed by atoms with Gasteiger partial charge in [0.15, 0.2) is 0 Å². The first kappa shape index (κ1) is 16.2. The van der Waals surface area contributed by atoms with E-state index in [2.05, 4.69) is 0 Å². The summed E-state index contributed by atoms with van der Waals surface area (Å²) in [4.78, 5) is 0. The molecule has 0 bridgehead atoms. The molecular weight excluding hydrogens is 293 g/mol. The van der Waals surface area contributed by atoms with E-state index < -0.39 is 11.7 Å². The van der Waals surface area contributed by atoms with Crippen molar-refractivity contribution in [2.24, 2.45) is 0 Å². The average Bonchev–Trinajstić information content (AvgIpc) is 2.47. The van der Waals surface area contributed by atoms with Crippen LogP contribution in [0.4, 0.5) is 13.2 Å². The Kier molecular flexibility index (Phi) is 4.64. The number of methoxy groups -OCH3 is 1. The maximum Gasteiger partial charge on any atom is 0.416 e. The minimum atomic E-state index is -4.36. The third-order valence-electron chi connectivity index (χ3n) is 3.25. The largest absolute Gasteiger partial charge is 0.497 e. The lowest BCUT2D eigenvalue weighted by atomic mass is 9.99. The molecule has 0 saturated heterocycles. The summed E-state index contributed by atoms with van der Waals surface area (Å²) in [7, 11) is 1.56. The molecule has 2 aromatic carbocycles. The first-order valence-electron chi connectivity index (χ1n) is 6.84. The van der Waals surface area contributed by atoms with Crippen molar-refractivity contribution >= 4 is 0 Å². The van der Waals surface area contributed by atoms with Crippen LogP contribution < -0.4 is 9.47 Å². The van der Waals surface area contributed by atoms with Crippen molar-refractivity contribution in [1.29, 1.82) is 0 Å². The highest BCUT2D eigenvalue weighted by molar-refractivity contribution is 5.43. The predicted octanol–water partition coefficient (Wildman–Crippen LogP) is 5.63. The molecule has 0 aliphatic heterocycles. The zero-order chi connectivity index (χ0) is 16.3. The highest BCUT2D eigenvalue weighted by Crippen LogP contribution is 2.37. The molecule has 0 spiro atoms. The molecule has 2 rings (SSSR count). The van der Waals surface area contributed by atoms with E-state index in [-0.39, 0.29) is 5.92 Å². The molecule has 118 valence electrons. The third kappa shape index (κ3) is 3.72. The van der Waals surface area contributed by atoms with Gasteiger partial charge in [0, 0.05) is 0 Å². The maximum absolute atomic E-state index is 12.8. The number of ether oxygens (including phenoxy) is 2. The molecule has 0 aromatic heterocycles. The predicted molar refractivity (Wildman–Crippen MR) is 78.6 cm³/mol. The molecule has 0 radical (unpaired) electrons. The molecule has 5 heteroatoms. The molecule has 0 atom stereocenters. The van der Waals surface area contributed by atoms with Crippen molar-refractivity contribution in [3.8, 4) is 17.2 Å². The molecule has 0 heterocycles. The molecule has 0 aliphatic rings.